The maximum Gasteiger partial charge on any atom is 0.326 e. The highest BCUT2D eigenvalue weighted by Crippen LogP contribution is 2.36. The topological polar surface area (TPSA) is 92.8 Å². The Morgan fingerprint density at radius 3 is 2.62 bits per heavy atom. The Labute approximate surface area is 155 Å². The van der Waals surface area contributed by atoms with Crippen LogP contribution in [0.2, 0.25) is 0 Å². The number of thiophene rings is 1. The van der Waals surface area contributed by atoms with Crippen molar-refractivity contribution >= 4 is 35.0 Å². The molecule has 1 aromatic heterocycles. The van der Waals surface area contributed by atoms with Crippen molar-refractivity contribution in [3.63, 3.8) is 0 Å². The molecule has 26 heavy (non-hydrogen) atoms. The van der Waals surface area contributed by atoms with Gasteiger partial charge in [-0.15, -0.1) is 11.3 Å². The van der Waals surface area contributed by atoms with Crippen LogP contribution in [0.5, 0.6) is 0 Å². The summed E-state index contributed by atoms with van der Waals surface area (Å²) in [7, 11) is 0. The first kappa shape index (κ1) is 18.6. The van der Waals surface area contributed by atoms with Gasteiger partial charge in [-0.1, -0.05) is 6.92 Å². The van der Waals surface area contributed by atoms with Gasteiger partial charge in [-0.25, -0.2) is 4.79 Å². The fraction of sp³-hybridized carbons (Fsp3) is 0.556. The van der Waals surface area contributed by atoms with Crippen LogP contribution in [0, 0.1) is 12.8 Å². The van der Waals surface area contributed by atoms with Crippen molar-refractivity contribution < 1.29 is 23.9 Å². The molecular formula is C18H22N2O5S. The van der Waals surface area contributed by atoms with E-state index in [0.29, 0.717) is 23.6 Å². The van der Waals surface area contributed by atoms with Gasteiger partial charge in [0, 0.05) is 4.88 Å². The zero-order valence-electron chi connectivity index (χ0n) is 14.9. The first-order valence-electron chi connectivity index (χ1n) is 8.70. The lowest BCUT2D eigenvalue weighted by molar-refractivity contribution is -0.147. The molecule has 1 aliphatic heterocycles. The molecule has 0 unspecified atom stereocenters. The van der Waals surface area contributed by atoms with Gasteiger partial charge in [0.15, 0.2) is 6.61 Å². The summed E-state index contributed by atoms with van der Waals surface area (Å²) in [6.07, 6.45) is 2.89. The summed E-state index contributed by atoms with van der Waals surface area (Å²) in [4.78, 5) is 51.2. The number of Topliss-reactive ketones (excluding diaryl/α,β-unsaturated/α-hetero) is 1. The van der Waals surface area contributed by atoms with E-state index in [-0.39, 0.29) is 11.7 Å². The molecule has 1 N–H and O–H groups in total. The fourth-order valence-corrected chi connectivity index (χ4v) is 4.18. The third kappa shape index (κ3) is 3.65. The van der Waals surface area contributed by atoms with Crippen LogP contribution in [0.3, 0.4) is 0 Å². The summed E-state index contributed by atoms with van der Waals surface area (Å²) in [5.74, 6) is -0.912. The molecule has 2 fully saturated rings. The van der Waals surface area contributed by atoms with E-state index in [0.717, 1.165) is 22.6 Å². The summed E-state index contributed by atoms with van der Waals surface area (Å²) >= 11 is 1.33. The van der Waals surface area contributed by atoms with E-state index < -0.39 is 30.7 Å². The minimum Gasteiger partial charge on any atom is -0.456 e. The van der Waals surface area contributed by atoms with Crippen LogP contribution in [-0.2, 0) is 14.3 Å². The van der Waals surface area contributed by atoms with Crippen molar-refractivity contribution in [1.29, 1.82) is 0 Å². The Morgan fingerprint density at radius 2 is 2.00 bits per heavy atom. The molecule has 1 aromatic rings. The number of nitrogens with one attached hydrogen (secondary N) is 1. The number of carbonyl (C=O) groups excluding carboxylic acids is 4. The molecule has 1 saturated carbocycles. The number of rotatable bonds is 5. The fourth-order valence-electron chi connectivity index (χ4n) is 3.39. The third-order valence-corrected chi connectivity index (χ3v) is 6.08. The quantitative estimate of drug-likeness (QED) is 0.482. The Balaban J connectivity index is 1.55. The highest BCUT2D eigenvalue weighted by Gasteiger charge is 2.52. The average Bonchev–Trinajstić information content (AvgIpc) is 3.13. The summed E-state index contributed by atoms with van der Waals surface area (Å²) in [6.45, 7) is 3.13. The maximum atomic E-state index is 12.7. The molecule has 0 aromatic carbocycles. The number of amides is 3. The molecule has 1 aliphatic carbocycles. The molecule has 0 bridgehead atoms. The van der Waals surface area contributed by atoms with Gasteiger partial charge in [0.2, 0.25) is 5.78 Å². The Hall–Kier alpha value is -2.22. The maximum absolute atomic E-state index is 12.7. The smallest absolute Gasteiger partial charge is 0.326 e. The molecule has 3 amide bonds. The Morgan fingerprint density at radius 1 is 1.31 bits per heavy atom. The van der Waals surface area contributed by atoms with Crippen molar-refractivity contribution in [2.75, 3.05) is 13.2 Å². The first-order chi connectivity index (χ1) is 12.3. The number of hydrogen-bond acceptors (Lipinski definition) is 6. The lowest BCUT2D eigenvalue weighted by atomic mass is 9.77. The number of hydrogen-bond donors (Lipinski definition) is 1. The van der Waals surface area contributed by atoms with Crippen LogP contribution in [-0.4, -0.2) is 47.3 Å². The van der Waals surface area contributed by atoms with Crippen LogP contribution in [0.1, 0.15) is 47.2 Å². The third-order valence-electron chi connectivity index (χ3n) is 5.04. The van der Waals surface area contributed by atoms with Crippen molar-refractivity contribution in [3.05, 3.63) is 21.9 Å². The van der Waals surface area contributed by atoms with E-state index >= 15 is 0 Å². The summed E-state index contributed by atoms with van der Waals surface area (Å²) < 4.78 is 4.96. The van der Waals surface area contributed by atoms with Crippen molar-refractivity contribution in [2.24, 2.45) is 5.92 Å². The van der Waals surface area contributed by atoms with E-state index in [1.165, 1.54) is 11.3 Å². The van der Waals surface area contributed by atoms with Gasteiger partial charge in [-0.05, 0) is 50.7 Å². The second kappa shape index (κ2) is 7.19. The van der Waals surface area contributed by atoms with Gasteiger partial charge in [0.25, 0.3) is 5.91 Å². The Kier molecular flexibility index (Phi) is 5.13. The number of aryl methyl sites for hydroxylation is 1. The van der Waals surface area contributed by atoms with Crippen molar-refractivity contribution in [2.45, 2.75) is 45.1 Å². The minimum absolute atomic E-state index is 0.300. The second-order valence-corrected chi connectivity index (χ2v) is 8.37. The largest absolute Gasteiger partial charge is 0.456 e. The summed E-state index contributed by atoms with van der Waals surface area (Å²) in [6, 6.07) is 2.93. The molecule has 0 radical (unpaired) electrons. The molecule has 3 rings (SSSR count). The van der Waals surface area contributed by atoms with E-state index in [1.807, 2.05) is 13.0 Å². The number of esters is 1. The van der Waals surface area contributed by atoms with E-state index in [2.05, 4.69) is 12.2 Å². The lowest BCUT2D eigenvalue weighted by Gasteiger charge is -2.33. The van der Waals surface area contributed by atoms with Gasteiger partial charge < -0.3 is 10.1 Å². The molecule has 0 atom stereocenters. The van der Waals surface area contributed by atoms with Crippen LogP contribution >= 0.6 is 11.3 Å². The molecule has 2 aliphatic rings. The number of ketones is 1. The number of nitrogens with zero attached hydrogens (tertiary/aromatic N) is 1. The monoisotopic (exact) mass is 378 g/mol. The zero-order valence-corrected chi connectivity index (χ0v) is 15.7. The number of imide groups is 1. The predicted octanol–water partition coefficient (Wildman–Crippen LogP) is 2.28. The molecule has 1 saturated heterocycles. The molecule has 8 heteroatoms. The van der Waals surface area contributed by atoms with Gasteiger partial charge in [-0.3, -0.25) is 19.3 Å². The predicted molar refractivity (Wildman–Crippen MR) is 95.0 cm³/mol. The van der Waals surface area contributed by atoms with Crippen LogP contribution in [0.4, 0.5) is 4.79 Å². The van der Waals surface area contributed by atoms with E-state index in [9.17, 15) is 19.2 Å². The standard InChI is InChI=1S/C18H22N2O5S/c1-11-5-7-18(8-6-11)16(23)20(17(24)19-18)9-15(22)25-10-13(21)14-4-3-12(2)26-14/h3-4,11H,5-10H2,1-2H3,(H,19,24). The molecule has 1 spiro atoms. The van der Waals surface area contributed by atoms with Gasteiger partial charge in [0.1, 0.15) is 12.1 Å². The number of urea groups is 1. The van der Waals surface area contributed by atoms with Crippen molar-refractivity contribution in [3.8, 4) is 0 Å². The van der Waals surface area contributed by atoms with Crippen molar-refractivity contribution in [1.82, 2.24) is 10.2 Å². The summed E-state index contributed by atoms with van der Waals surface area (Å²) in [5, 5.41) is 2.75. The lowest BCUT2D eigenvalue weighted by Crippen LogP contribution is -2.49. The highest BCUT2D eigenvalue weighted by molar-refractivity contribution is 7.14. The minimum atomic E-state index is -0.881. The van der Waals surface area contributed by atoms with Crippen LogP contribution in [0.15, 0.2) is 12.1 Å². The number of carbonyl (C=O) groups is 4. The molecule has 7 nitrogen and oxygen atoms in total. The first-order valence-corrected chi connectivity index (χ1v) is 9.52. The number of ether oxygens (including phenoxy) is 1. The van der Waals surface area contributed by atoms with Gasteiger partial charge >= 0.3 is 12.0 Å². The SMILES string of the molecule is Cc1ccc(C(=O)COC(=O)CN2C(=O)NC3(CCC(C)CC3)C2=O)s1. The van der Waals surface area contributed by atoms with Crippen LogP contribution < -0.4 is 5.32 Å². The highest BCUT2D eigenvalue weighted by atomic mass is 32.1. The normalized spacial score (nSPS) is 25.5. The molecular weight excluding hydrogens is 356 g/mol. The van der Waals surface area contributed by atoms with Gasteiger partial charge in [0.05, 0.1) is 4.88 Å². The average molecular weight is 378 g/mol. The molecule has 140 valence electrons. The van der Waals surface area contributed by atoms with E-state index in [4.69, 9.17) is 4.74 Å². The second-order valence-electron chi connectivity index (χ2n) is 7.08. The Bertz CT molecular complexity index is 749. The van der Waals surface area contributed by atoms with E-state index in [1.54, 1.807) is 6.07 Å². The molecule has 2 heterocycles. The van der Waals surface area contributed by atoms with Crippen LogP contribution in [0.25, 0.3) is 0 Å². The van der Waals surface area contributed by atoms with Gasteiger partial charge in [-0.2, -0.15) is 0 Å². The summed E-state index contributed by atoms with van der Waals surface area (Å²) in [5.41, 5.74) is -0.881. The zero-order chi connectivity index (χ0) is 18.9.